The molecule has 0 aliphatic heterocycles. The maximum atomic E-state index is 13.2. The minimum absolute atomic E-state index is 0.172. The first-order valence-corrected chi connectivity index (χ1v) is 12.4. The monoisotopic (exact) mass is 430 g/mol. The molecule has 0 aromatic carbocycles. The van der Waals surface area contributed by atoms with E-state index in [1.807, 2.05) is 0 Å². The standard InChI is InChI=1S/C30H38O2/c1-29(2,3)25-17-19(21-11-7-9-13-23(21)27(25)31)15-16-20-18-26(30(4,5)6)28(32)24-14-10-8-12-22(20)24/h15-18H,7-14H2,1-6H3/b19-15+,20-16+. The van der Waals surface area contributed by atoms with Crippen LogP contribution in [0.5, 0.6) is 0 Å². The van der Waals surface area contributed by atoms with Crippen LogP contribution in [0.4, 0.5) is 0 Å². The fraction of sp³-hybridized carbons (Fsp3) is 0.533. The number of carbonyl (C=O) groups is 2. The van der Waals surface area contributed by atoms with E-state index in [1.54, 1.807) is 0 Å². The third-order valence-corrected chi connectivity index (χ3v) is 7.33. The first-order chi connectivity index (χ1) is 15.0. The quantitative estimate of drug-likeness (QED) is 0.427. The second-order valence-electron chi connectivity index (χ2n) is 11.8. The van der Waals surface area contributed by atoms with Crippen molar-refractivity contribution in [1.29, 1.82) is 0 Å². The second-order valence-corrected chi connectivity index (χ2v) is 11.8. The summed E-state index contributed by atoms with van der Waals surface area (Å²) >= 11 is 0. The van der Waals surface area contributed by atoms with Gasteiger partial charge in [-0.05, 0) is 96.6 Å². The van der Waals surface area contributed by atoms with Crippen LogP contribution in [-0.4, -0.2) is 11.6 Å². The van der Waals surface area contributed by atoms with E-state index in [0.717, 1.165) is 73.7 Å². The fourth-order valence-corrected chi connectivity index (χ4v) is 5.48. The van der Waals surface area contributed by atoms with Gasteiger partial charge in [0.2, 0.25) is 0 Å². The van der Waals surface area contributed by atoms with Crippen molar-refractivity contribution in [2.24, 2.45) is 10.8 Å². The molecule has 0 fully saturated rings. The molecule has 0 radical (unpaired) electrons. The predicted molar refractivity (Wildman–Crippen MR) is 132 cm³/mol. The van der Waals surface area contributed by atoms with Gasteiger partial charge in [-0.15, -0.1) is 0 Å². The number of Topliss-reactive ketones (excluding diaryl/α,β-unsaturated/α-hetero) is 2. The van der Waals surface area contributed by atoms with Gasteiger partial charge in [-0.2, -0.15) is 0 Å². The molecule has 0 unspecified atom stereocenters. The van der Waals surface area contributed by atoms with Gasteiger partial charge in [-0.25, -0.2) is 0 Å². The number of carbonyl (C=O) groups excluding carboxylic acids is 2. The average Bonchev–Trinajstić information content (AvgIpc) is 2.73. The van der Waals surface area contributed by atoms with E-state index >= 15 is 0 Å². The Labute approximate surface area is 193 Å². The summed E-state index contributed by atoms with van der Waals surface area (Å²) in [4.78, 5) is 26.4. The molecule has 0 aromatic heterocycles. The molecule has 0 heterocycles. The molecule has 2 nitrogen and oxygen atoms in total. The normalized spacial score (nSPS) is 25.2. The van der Waals surface area contributed by atoms with Gasteiger partial charge in [0.15, 0.2) is 11.6 Å². The van der Waals surface area contributed by atoms with Crippen molar-refractivity contribution in [2.75, 3.05) is 0 Å². The van der Waals surface area contributed by atoms with Crippen molar-refractivity contribution in [3.63, 3.8) is 0 Å². The van der Waals surface area contributed by atoms with E-state index in [-0.39, 0.29) is 22.4 Å². The molecule has 0 saturated heterocycles. The topological polar surface area (TPSA) is 34.1 Å². The van der Waals surface area contributed by atoms with Gasteiger partial charge in [0, 0.05) is 22.3 Å². The molecule has 0 saturated carbocycles. The second kappa shape index (κ2) is 8.28. The Balaban J connectivity index is 1.84. The summed E-state index contributed by atoms with van der Waals surface area (Å²) in [6.07, 6.45) is 17.0. The number of ketones is 2. The van der Waals surface area contributed by atoms with E-state index in [4.69, 9.17) is 0 Å². The summed E-state index contributed by atoms with van der Waals surface area (Å²) < 4.78 is 0. The number of hydrogen-bond donors (Lipinski definition) is 0. The molecule has 0 spiro atoms. The zero-order chi connectivity index (χ0) is 23.3. The Hall–Kier alpha value is -2.22. The van der Waals surface area contributed by atoms with Crippen LogP contribution in [0, 0.1) is 10.8 Å². The van der Waals surface area contributed by atoms with Gasteiger partial charge in [0.1, 0.15) is 0 Å². The molecule has 0 bridgehead atoms. The van der Waals surface area contributed by atoms with Crippen LogP contribution in [-0.2, 0) is 9.59 Å². The van der Waals surface area contributed by atoms with Crippen molar-refractivity contribution in [3.05, 3.63) is 68.9 Å². The summed E-state index contributed by atoms with van der Waals surface area (Å²) in [6.45, 7) is 12.8. The Morgan fingerprint density at radius 3 is 1.19 bits per heavy atom. The van der Waals surface area contributed by atoms with Gasteiger partial charge in [0.25, 0.3) is 0 Å². The van der Waals surface area contributed by atoms with Crippen LogP contribution in [0.1, 0.15) is 92.9 Å². The molecule has 0 aromatic rings. The summed E-state index contributed by atoms with van der Waals surface area (Å²) in [5.41, 5.74) is 8.45. The Morgan fingerprint density at radius 1 is 0.562 bits per heavy atom. The highest BCUT2D eigenvalue weighted by atomic mass is 16.1. The predicted octanol–water partition coefficient (Wildman–Crippen LogP) is 7.69. The largest absolute Gasteiger partial charge is 0.289 e. The molecule has 32 heavy (non-hydrogen) atoms. The SMILES string of the molecule is CC(C)(C)C1=C/C(=C\C=C2/C=C(C(C)(C)C)C(=O)C3=C2CCCC3)C2=C(CCCC2)C1=O. The highest BCUT2D eigenvalue weighted by molar-refractivity contribution is 6.13. The number of hydrogen-bond acceptors (Lipinski definition) is 2. The van der Waals surface area contributed by atoms with Crippen molar-refractivity contribution < 1.29 is 9.59 Å². The van der Waals surface area contributed by atoms with Gasteiger partial charge in [-0.3, -0.25) is 9.59 Å². The highest BCUT2D eigenvalue weighted by Crippen LogP contribution is 2.43. The summed E-state index contributed by atoms with van der Waals surface area (Å²) in [7, 11) is 0. The van der Waals surface area contributed by atoms with Crippen molar-refractivity contribution in [2.45, 2.75) is 92.9 Å². The first-order valence-electron chi connectivity index (χ1n) is 12.4. The molecule has 4 aliphatic carbocycles. The fourth-order valence-electron chi connectivity index (χ4n) is 5.48. The minimum atomic E-state index is -0.172. The number of allylic oxidation sites excluding steroid dienone is 12. The summed E-state index contributed by atoms with van der Waals surface area (Å²) in [6, 6.07) is 0. The number of rotatable bonds is 1. The Morgan fingerprint density at radius 2 is 0.875 bits per heavy atom. The van der Waals surface area contributed by atoms with Crippen molar-refractivity contribution in [1.82, 2.24) is 0 Å². The maximum Gasteiger partial charge on any atom is 0.185 e. The van der Waals surface area contributed by atoms with E-state index in [9.17, 15) is 9.59 Å². The Bertz CT molecular complexity index is 963. The van der Waals surface area contributed by atoms with Crippen molar-refractivity contribution in [3.8, 4) is 0 Å². The van der Waals surface area contributed by atoms with Crippen LogP contribution < -0.4 is 0 Å². The van der Waals surface area contributed by atoms with Crippen LogP contribution >= 0.6 is 0 Å². The third kappa shape index (κ3) is 4.21. The van der Waals surface area contributed by atoms with E-state index < -0.39 is 0 Å². The first kappa shape index (κ1) is 23.0. The smallest absolute Gasteiger partial charge is 0.185 e. The van der Waals surface area contributed by atoms with Crippen LogP contribution in [0.2, 0.25) is 0 Å². The lowest BCUT2D eigenvalue weighted by molar-refractivity contribution is -0.114. The maximum absolute atomic E-state index is 13.2. The lowest BCUT2D eigenvalue weighted by Gasteiger charge is -2.32. The van der Waals surface area contributed by atoms with Gasteiger partial charge in [-0.1, -0.05) is 53.7 Å². The van der Waals surface area contributed by atoms with Crippen LogP contribution in [0.3, 0.4) is 0 Å². The summed E-state index contributed by atoms with van der Waals surface area (Å²) in [5.74, 6) is 0.514. The van der Waals surface area contributed by atoms with Gasteiger partial charge >= 0.3 is 0 Å². The highest BCUT2D eigenvalue weighted by Gasteiger charge is 2.34. The van der Waals surface area contributed by atoms with Crippen molar-refractivity contribution >= 4 is 11.6 Å². The molecular formula is C30H38O2. The van der Waals surface area contributed by atoms with E-state index in [1.165, 1.54) is 22.3 Å². The van der Waals surface area contributed by atoms with Crippen LogP contribution in [0.25, 0.3) is 0 Å². The molecule has 0 atom stereocenters. The van der Waals surface area contributed by atoms with Crippen LogP contribution in [0.15, 0.2) is 68.9 Å². The minimum Gasteiger partial charge on any atom is -0.289 e. The van der Waals surface area contributed by atoms with Gasteiger partial charge in [0.05, 0.1) is 0 Å². The molecule has 0 amide bonds. The molecule has 170 valence electrons. The molecule has 4 rings (SSSR count). The van der Waals surface area contributed by atoms with E-state index in [2.05, 4.69) is 65.8 Å². The van der Waals surface area contributed by atoms with E-state index in [0.29, 0.717) is 0 Å². The molecule has 2 heteroatoms. The summed E-state index contributed by atoms with van der Waals surface area (Å²) in [5, 5.41) is 0. The molecule has 0 N–H and O–H groups in total. The Kier molecular flexibility index (Phi) is 5.94. The van der Waals surface area contributed by atoms with Gasteiger partial charge < -0.3 is 0 Å². The third-order valence-electron chi connectivity index (χ3n) is 7.33. The lowest BCUT2D eigenvalue weighted by atomic mass is 9.71. The lowest BCUT2D eigenvalue weighted by Crippen LogP contribution is -2.25. The molecule has 4 aliphatic rings. The molecular weight excluding hydrogens is 392 g/mol. The zero-order valence-electron chi connectivity index (χ0n) is 20.8. The zero-order valence-corrected chi connectivity index (χ0v) is 20.8. The average molecular weight is 431 g/mol.